The van der Waals surface area contributed by atoms with E-state index < -0.39 is 33.1 Å². The molecule has 13 heteroatoms. The highest BCUT2D eigenvalue weighted by molar-refractivity contribution is 7.92. The molecule has 0 bridgehead atoms. The number of halogens is 1. The van der Waals surface area contributed by atoms with Crippen molar-refractivity contribution in [3.05, 3.63) is 79.6 Å². The zero-order chi connectivity index (χ0) is 25.5. The quantitative estimate of drug-likeness (QED) is 0.321. The monoisotopic (exact) mass is 517 g/mol. The average Bonchev–Trinajstić information content (AvgIpc) is 3.13. The van der Waals surface area contributed by atoms with Crippen LogP contribution in [-0.2, 0) is 10.0 Å². The number of aryl methyl sites for hydroxylation is 2. The summed E-state index contributed by atoms with van der Waals surface area (Å²) in [7, 11) is -2.43. The molecule has 0 aliphatic rings. The molecule has 0 saturated heterocycles. The molecule has 2 amide bonds. The van der Waals surface area contributed by atoms with E-state index in [1.54, 1.807) is 33.0 Å². The molecule has 0 aliphatic heterocycles. The Bertz CT molecular complexity index is 1690. The number of sulfonamides is 1. The largest absolute Gasteiger partial charge is 0.388 e. The minimum Gasteiger partial charge on any atom is -0.388 e. The van der Waals surface area contributed by atoms with Gasteiger partial charge in [0.2, 0.25) is 0 Å². The molecular weight excluding hydrogens is 497 g/mol. The van der Waals surface area contributed by atoms with Crippen LogP contribution in [0.2, 0.25) is 0 Å². The molecule has 182 valence electrons. The number of nitrogens with zero attached hydrogens (tertiary/aromatic N) is 1. The fourth-order valence-electron chi connectivity index (χ4n) is 3.36. The molecule has 10 nitrogen and oxygen atoms in total. The van der Waals surface area contributed by atoms with E-state index in [9.17, 15) is 27.2 Å². The van der Waals surface area contributed by atoms with Crippen molar-refractivity contribution in [2.75, 3.05) is 17.7 Å². The van der Waals surface area contributed by atoms with Crippen molar-refractivity contribution in [3.63, 3.8) is 0 Å². The zero-order valence-corrected chi connectivity index (χ0v) is 20.4. The highest BCUT2D eigenvalue weighted by Crippen LogP contribution is 2.25. The van der Waals surface area contributed by atoms with Crippen LogP contribution in [0.15, 0.2) is 56.3 Å². The summed E-state index contributed by atoms with van der Waals surface area (Å²) in [5, 5.41) is 5.30. The van der Waals surface area contributed by atoms with Crippen molar-refractivity contribution in [1.29, 1.82) is 0 Å². The number of H-pyrrole nitrogens is 1. The van der Waals surface area contributed by atoms with Gasteiger partial charge in [-0.2, -0.15) is 0 Å². The third kappa shape index (κ3) is 4.68. The fraction of sp³-hybridized carbons (Fsp3) is 0.136. The lowest BCUT2D eigenvalue weighted by Crippen LogP contribution is -2.35. The van der Waals surface area contributed by atoms with Crippen LogP contribution < -0.4 is 26.6 Å². The van der Waals surface area contributed by atoms with E-state index >= 15 is 0 Å². The number of hydrogen-bond donors (Lipinski definition) is 4. The smallest absolute Gasteiger partial charge is 0.333 e. The summed E-state index contributed by atoms with van der Waals surface area (Å²) >= 11 is 1.02. The molecule has 2 aromatic heterocycles. The van der Waals surface area contributed by atoms with Crippen molar-refractivity contribution >= 4 is 49.7 Å². The second-order valence-corrected chi connectivity index (χ2v) is 10.8. The SMILES string of the molecule is CNc1ccc2c(=O)n(-c3ccc(NC(=O)NS(=O)(=O)c4cc(C)c(C)s4)cc3F)c(=O)[nH]c2c1. The molecule has 0 fully saturated rings. The molecule has 0 saturated carbocycles. The molecule has 4 aromatic rings. The molecule has 0 aliphatic carbocycles. The number of benzene rings is 2. The lowest BCUT2D eigenvalue weighted by atomic mass is 10.2. The van der Waals surface area contributed by atoms with Gasteiger partial charge in [-0.3, -0.25) is 4.79 Å². The van der Waals surface area contributed by atoms with E-state index in [-0.39, 0.29) is 26.5 Å². The predicted octanol–water partition coefficient (Wildman–Crippen LogP) is 3.05. The van der Waals surface area contributed by atoms with Gasteiger partial charge in [0.1, 0.15) is 10.0 Å². The number of anilines is 2. The Hall–Kier alpha value is -3.97. The first-order valence-corrected chi connectivity index (χ1v) is 12.5. The fourth-order valence-corrected chi connectivity index (χ4v) is 5.78. The van der Waals surface area contributed by atoms with E-state index in [0.717, 1.165) is 33.9 Å². The second-order valence-electron chi connectivity index (χ2n) is 7.61. The highest BCUT2D eigenvalue weighted by atomic mass is 32.2. The number of carbonyl (C=O) groups excluding carboxylic acids is 1. The number of aromatic amines is 1. The average molecular weight is 518 g/mol. The Labute approximate surface area is 202 Å². The summed E-state index contributed by atoms with van der Waals surface area (Å²) in [5.41, 5.74) is -0.250. The van der Waals surface area contributed by atoms with Crippen LogP contribution in [0.5, 0.6) is 0 Å². The Morgan fingerprint density at radius 2 is 1.77 bits per heavy atom. The Morgan fingerprint density at radius 1 is 1.06 bits per heavy atom. The number of urea groups is 1. The Kier molecular flexibility index (Phi) is 6.21. The summed E-state index contributed by atoms with van der Waals surface area (Å²) in [6, 6.07) is 8.33. The second kappa shape index (κ2) is 9.00. The van der Waals surface area contributed by atoms with Crippen LogP contribution >= 0.6 is 11.3 Å². The number of fused-ring (bicyclic) bond motifs is 1. The van der Waals surface area contributed by atoms with Crippen LogP contribution in [-0.4, -0.2) is 31.0 Å². The number of amides is 2. The number of aromatic nitrogens is 2. The first-order chi connectivity index (χ1) is 16.5. The highest BCUT2D eigenvalue weighted by Gasteiger charge is 2.21. The molecule has 4 rings (SSSR count). The van der Waals surface area contributed by atoms with Gasteiger partial charge in [-0.05, 0) is 61.9 Å². The van der Waals surface area contributed by atoms with Crippen molar-refractivity contribution in [2.24, 2.45) is 0 Å². The molecule has 0 radical (unpaired) electrons. The minimum atomic E-state index is -4.11. The van der Waals surface area contributed by atoms with Crippen molar-refractivity contribution in [1.82, 2.24) is 14.3 Å². The van der Waals surface area contributed by atoms with Gasteiger partial charge in [-0.25, -0.2) is 31.7 Å². The van der Waals surface area contributed by atoms with E-state index in [2.05, 4.69) is 15.6 Å². The molecule has 0 unspecified atom stereocenters. The molecule has 2 aromatic carbocycles. The van der Waals surface area contributed by atoms with Crippen LogP contribution in [0.4, 0.5) is 20.6 Å². The number of nitrogens with one attached hydrogen (secondary N) is 4. The molecule has 2 heterocycles. The minimum absolute atomic E-state index is 0.0269. The van der Waals surface area contributed by atoms with Crippen LogP contribution in [0, 0.1) is 19.7 Å². The third-order valence-corrected chi connectivity index (χ3v) is 8.23. The van der Waals surface area contributed by atoms with Gasteiger partial charge in [0.15, 0.2) is 0 Å². The van der Waals surface area contributed by atoms with Gasteiger partial charge >= 0.3 is 11.7 Å². The molecule has 35 heavy (non-hydrogen) atoms. The van der Waals surface area contributed by atoms with E-state index in [0.29, 0.717) is 10.3 Å². The number of rotatable bonds is 5. The van der Waals surface area contributed by atoms with E-state index in [4.69, 9.17) is 0 Å². The zero-order valence-electron chi connectivity index (χ0n) is 18.7. The van der Waals surface area contributed by atoms with Gasteiger partial charge in [0.05, 0.1) is 16.6 Å². The van der Waals surface area contributed by atoms with Crippen molar-refractivity contribution in [2.45, 2.75) is 18.1 Å². The predicted molar refractivity (Wildman–Crippen MR) is 133 cm³/mol. The third-order valence-electron chi connectivity index (χ3n) is 5.27. The topological polar surface area (TPSA) is 142 Å². The lowest BCUT2D eigenvalue weighted by molar-refractivity contribution is 0.256. The lowest BCUT2D eigenvalue weighted by Gasteiger charge is -2.11. The van der Waals surface area contributed by atoms with Gasteiger partial charge < -0.3 is 15.6 Å². The number of hydrogen-bond acceptors (Lipinski definition) is 7. The summed E-state index contributed by atoms with van der Waals surface area (Å²) in [5.74, 6) is -0.978. The van der Waals surface area contributed by atoms with E-state index in [1.807, 2.05) is 4.72 Å². The first-order valence-electron chi connectivity index (χ1n) is 10.2. The maximum atomic E-state index is 14.9. The maximum absolute atomic E-state index is 14.9. The molecule has 0 atom stereocenters. The van der Waals surface area contributed by atoms with Gasteiger partial charge in [-0.15, -0.1) is 11.3 Å². The summed E-state index contributed by atoms with van der Waals surface area (Å²) in [4.78, 5) is 41.0. The molecule has 0 spiro atoms. The number of carbonyl (C=O) groups is 1. The van der Waals surface area contributed by atoms with Crippen LogP contribution in [0.3, 0.4) is 0 Å². The Morgan fingerprint density at radius 3 is 2.40 bits per heavy atom. The standard InChI is InChI=1S/C22H20FN5O5S2/c1-11-8-19(34-12(11)2)35(32,33)27-21(30)25-14-5-7-18(16(23)9-14)28-20(29)15-6-4-13(24-3)10-17(15)26-22(28)31/h4-10,24H,1-3H3,(H,26,31)(H2,25,27,30). The Balaban J connectivity index is 1.61. The van der Waals surface area contributed by atoms with Gasteiger partial charge in [0, 0.05) is 23.3 Å². The molecular formula is C22H20FN5O5S2. The van der Waals surface area contributed by atoms with Crippen LogP contribution in [0.1, 0.15) is 10.4 Å². The van der Waals surface area contributed by atoms with Crippen LogP contribution in [0.25, 0.3) is 16.6 Å². The summed E-state index contributed by atoms with van der Waals surface area (Å²) in [6.45, 7) is 3.51. The maximum Gasteiger partial charge on any atom is 0.333 e. The summed E-state index contributed by atoms with van der Waals surface area (Å²) < 4.78 is 42.2. The molecule has 4 N–H and O–H groups in total. The normalized spacial score (nSPS) is 11.4. The first kappa shape index (κ1) is 24.2. The van der Waals surface area contributed by atoms with E-state index in [1.165, 1.54) is 18.2 Å². The number of thiophene rings is 1. The van der Waals surface area contributed by atoms with Crippen molar-refractivity contribution in [3.8, 4) is 5.69 Å². The summed E-state index contributed by atoms with van der Waals surface area (Å²) in [6.07, 6.45) is 0. The van der Waals surface area contributed by atoms with Gasteiger partial charge in [0.25, 0.3) is 15.6 Å². The van der Waals surface area contributed by atoms with Gasteiger partial charge in [-0.1, -0.05) is 0 Å². The van der Waals surface area contributed by atoms with Crippen molar-refractivity contribution < 1.29 is 17.6 Å².